The van der Waals surface area contributed by atoms with E-state index in [0.29, 0.717) is 24.0 Å². The van der Waals surface area contributed by atoms with Crippen LogP contribution in [-0.2, 0) is 11.3 Å². The fourth-order valence-electron chi connectivity index (χ4n) is 6.21. The van der Waals surface area contributed by atoms with Crippen molar-refractivity contribution in [2.75, 3.05) is 61.5 Å². The van der Waals surface area contributed by atoms with Crippen molar-refractivity contribution < 1.29 is 18.3 Å². The zero-order valence-electron chi connectivity index (χ0n) is 23.4. The lowest BCUT2D eigenvalue weighted by atomic mass is 10.0. The van der Waals surface area contributed by atoms with Crippen molar-refractivity contribution in [1.29, 1.82) is 0 Å². The van der Waals surface area contributed by atoms with Crippen molar-refractivity contribution >= 4 is 28.9 Å². The molecule has 6 rings (SSSR count). The van der Waals surface area contributed by atoms with Crippen LogP contribution in [0.5, 0.6) is 0 Å². The zero-order valence-corrected chi connectivity index (χ0v) is 23.4. The number of rotatable bonds is 8. The fraction of sp³-hybridized carbons (Fsp3) is 0.467. The van der Waals surface area contributed by atoms with Gasteiger partial charge in [-0.25, -0.2) is 13.8 Å². The number of halogens is 2. The topological polar surface area (TPSA) is 85.0 Å². The van der Waals surface area contributed by atoms with Crippen molar-refractivity contribution in [2.24, 2.45) is 0 Å². The Balaban J connectivity index is 1.21. The summed E-state index contributed by atoms with van der Waals surface area (Å²) in [4.78, 5) is 23.8. The summed E-state index contributed by atoms with van der Waals surface area (Å²) < 4.78 is 36.3. The molecule has 3 fully saturated rings. The molecule has 4 aliphatic rings. The number of carbonyl (C=O) groups is 1. The SMILES string of the molecule is C=CC(=C)N1CCC[C@@H](Nc2nc(Nc3ccc(N4CCN(C5COC5)C[C@@H]4C)c(F)c3)c3c(c2F)CNC3=O)C1. The van der Waals surface area contributed by atoms with Crippen LogP contribution in [-0.4, -0.2) is 84.8 Å². The van der Waals surface area contributed by atoms with Crippen LogP contribution in [0.15, 0.2) is 43.1 Å². The van der Waals surface area contributed by atoms with E-state index in [4.69, 9.17) is 4.74 Å². The van der Waals surface area contributed by atoms with E-state index in [1.807, 2.05) is 0 Å². The summed E-state index contributed by atoms with van der Waals surface area (Å²) in [6, 6.07) is 5.48. The Morgan fingerprint density at radius 2 is 2.02 bits per heavy atom. The Kier molecular flexibility index (Phi) is 7.56. The van der Waals surface area contributed by atoms with Gasteiger partial charge in [-0.15, -0.1) is 0 Å². The van der Waals surface area contributed by atoms with E-state index in [-0.39, 0.29) is 47.2 Å². The number of aromatic nitrogens is 1. The minimum absolute atomic E-state index is 0.0607. The molecule has 3 N–H and O–H groups in total. The Bertz CT molecular complexity index is 1360. The second-order valence-corrected chi connectivity index (χ2v) is 11.3. The second kappa shape index (κ2) is 11.3. The normalized spacial score (nSPS) is 23.0. The number of piperazine rings is 1. The van der Waals surface area contributed by atoms with Gasteiger partial charge in [-0.3, -0.25) is 9.69 Å². The molecular weight excluding hydrogens is 528 g/mol. The molecule has 9 nitrogen and oxygen atoms in total. The maximum Gasteiger partial charge on any atom is 0.255 e. The van der Waals surface area contributed by atoms with Crippen molar-refractivity contribution in [3.8, 4) is 0 Å². The smallest absolute Gasteiger partial charge is 0.255 e. The molecular formula is C30H37F2N7O2. The molecule has 1 amide bonds. The van der Waals surface area contributed by atoms with E-state index in [9.17, 15) is 4.79 Å². The molecule has 0 aliphatic carbocycles. The van der Waals surface area contributed by atoms with Crippen LogP contribution in [0.2, 0.25) is 0 Å². The molecule has 2 aromatic rings. The van der Waals surface area contributed by atoms with Gasteiger partial charge in [0.1, 0.15) is 11.6 Å². The lowest BCUT2D eigenvalue weighted by Crippen LogP contribution is -2.59. The summed E-state index contributed by atoms with van der Waals surface area (Å²) in [6.07, 6.45) is 3.47. The number of fused-ring (bicyclic) bond motifs is 1. The summed E-state index contributed by atoms with van der Waals surface area (Å²) in [5.74, 6) is -1.06. The maximum absolute atomic E-state index is 15.5. The van der Waals surface area contributed by atoms with E-state index >= 15 is 8.78 Å². The molecule has 2 atom stereocenters. The van der Waals surface area contributed by atoms with Gasteiger partial charge in [0, 0.05) is 68.3 Å². The third kappa shape index (κ3) is 5.36. The van der Waals surface area contributed by atoms with Crippen LogP contribution in [0.1, 0.15) is 35.7 Å². The molecule has 5 heterocycles. The Morgan fingerprint density at radius 1 is 1.20 bits per heavy atom. The number of ether oxygens (including phenoxy) is 1. The molecule has 0 radical (unpaired) electrons. The average molecular weight is 566 g/mol. The fourth-order valence-corrected chi connectivity index (χ4v) is 6.21. The number of amides is 1. The first-order chi connectivity index (χ1) is 19.8. The highest BCUT2D eigenvalue weighted by molar-refractivity contribution is 6.03. The van der Waals surface area contributed by atoms with E-state index in [0.717, 1.165) is 57.9 Å². The van der Waals surface area contributed by atoms with Crippen molar-refractivity contribution in [2.45, 2.75) is 44.4 Å². The maximum atomic E-state index is 15.5. The van der Waals surface area contributed by atoms with Crippen LogP contribution >= 0.6 is 0 Å². The Hall–Kier alpha value is -3.70. The average Bonchev–Trinajstić information content (AvgIpc) is 3.32. The molecule has 1 aromatic carbocycles. The third-order valence-electron chi connectivity index (χ3n) is 8.61. The highest BCUT2D eigenvalue weighted by Gasteiger charge is 2.34. The quantitative estimate of drug-likeness (QED) is 0.417. The van der Waals surface area contributed by atoms with Crippen molar-refractivity contribution in [3.05, 3.63) is 65.9 Å². The number of hydrogen-bond acceptors (Lipinski definition) is 8. The molecule has 0 unspecified atom stereocenters. The highest BCUT2D eigenvalue weighted by Crippen LogP contribution is 2.34. The number of hydrogen-bond donors (Lipinski definition) is 3. The highest BCUT2D eigenvalue weighted by atomic mass is 19.1. The first-order valence-corrected chi connectivity index (χ1v) is 14.3. The number of allylic oxidation sites excluding steroid dienone is 1. The molecule has 1 aromatic heterocycles. The van der Waals surface area contributed by atoms with Crippen molar-refractivity contribution in [1.82, 2.24) is 20.1 Å². The number of likely N-dealkylation sites (tertiary alicyclic amines) is 1. The van der Waals surface area contributed by atoms with Crippen LogP contribution in [0.4, 0.5) is 31.8 Å². The van der Waals surface area contributed by atoms with Gasteiger partial charge in [-0.05, 0) is 44.0 Å². The number of nitrogens with one attached hydrogen (secondary N) is 3. The zero-order chi connectivity index (χ0) is 28.7. The monoisotopic (exact) mass is 565 g/mol. The predicted molar refractivity (Wildman–Crippen MR) is 156 cm³/mol. The molecule has 218 valence electrons. The van der Waals surface area contributed by atoms with Crippen LogP contribution in [0.25, 0.3) is 0 Å². The summed E-state index contributed by atoms with van der Waals surface area (Å²) >= 11 is 0. The van der Waals surface area contributed by atoms with Crippen LogP contribution < -0.4 is 20.9 Å². The molecule has 11 heteroatoms. The number of benzene rings is 1. The number of anilines is 4. The Labute approximate surface area is 239 Å². The van der Waals surface area contributed by atoms with E-state index in [1.54, 1.807) is 18.2 Å². The molecule has 0 spiro atoms. The van der Waals surface area contributed by atoms with Gasteiger partial charge in [-0.2, -0.15) is 0 Å². The second-order valence-electron chi connectivity index (χ2n) is 11.3. The molecule has 0 saturated carbocycles. The van der Waals surface area contributed by atoms with E-state index in [1.165, 1.54) is 6.07 Å². The first-order valence-electron chi connectivity index (χ1n) is 14.3. The number of piperidine rings is 1. The van der Waals surface area contributed by atoms with Gasteiger partial charge < -0.3 is 30.5 Å². The molecule has 4 aliphatic heterocycles. The first kappa shape index (κ1) is 27.5. The van der Waals surface area contributed by atoms with Gasteiger partial charge in [0.2, 0.25) is 0 Å². The Morgan fingerprint density at radius 3 is 2.73 bits per heavy atom. The third-order valence-corrected chi connectivity index (χ3v) is 8.61. The van der Waals surface area contributed by atoms with Gasteiger partial charge in [-0.1, -0.05) is 13.2 Å². The largest absolute Gasteiger partial charge is 0.378 e. The summed E-state index contributed by atoms with van der Waals surface area (Å²) in [5, 5.41) is 9.03. The van der Waals surface area contributed by atoms with Gasteiger partial charge in [0.25, 0.3) is 5.91 Å². The lowest BCUT2D eigenvalue weighted by Gasteiger charge is -2.46. The number of nitrogens with zero attached hydrogens (tertiary/aromatic N) is 4. The van der Waals surface area contributed by atoms with Crippen molar-refractivity contribution in [3.63, 3.8) is 0 Å². The summed E-state index contributed by atoms with van der Waals surface area (Å²) in [7, 11) is 0. The van der Waals surface area contributed by atoms with E-state index in [2.05, 4.69) is 55.7 Å². The van der Waals surface area contributed by atoms with Crippen LogP contribution in [0, 0.1) is 11.6 Å². The predicted octanol–water partition coefficient (Wildman–Crippen LogP) is 3.83. The van der Waals surface area contributed by atoms with Gasteiger partial charge in [0.15, 0.2) is 11.6 Å². The van der Waals surface area contributed by atoms with Crippen LogP contribution in [0.3, 0.4) is 0 Å². The minimum Gasteiger partial charge on any atom is -0.378 e. The van der Waals surface area contributed by atoms with Gasteiger partial charge in [0.05, 0.1) is 30.5 Å². The molecule has 41 heavy (non-hydrogen) atoms. The molecule has 0 bridgehead atoms. The standard InChI is InChI=1S/C30H37F2N7O2/c1-4-18(2)37-9-5-6-21(15-37)35-29-27(32)23-13-33-30(40)26(23)28(36-29)34-20-7-8-25(24(31)12-20)39-11-10-38(14-19(39)3)22-16-41-17-22/h4,7-8,12,19,21-22H,1-2,5-6,9-11,13-17H2,3H3,(H,33,40)(H2,34,35,36)/t19-,21+/m0/s1. The summed E-state index contributed by atoms with van der Waals surface area (Å²) in [5.41, 5.74) is 2.19. The number of carbonyl (C=O) groups excluding carboxylic acids is 1. The van der Waals surface area contributed by atoms with Gasteiger partial charge >= 0.3 is 0 Å². The van der Waals surface area contributed by atoms with E-state index < -0.39 is 11.7 Å². The molecule has 3 saturated heterocycles. The summed E-state index contributed by atoms with van der Waals surface area (Å²) in [6.45, 7) is 15.5. The lowest BCUT2D eigenvalue weighted by molar-refractivity contribution is -0.0691. The number of pyridine rings is 1. The minimum atomic E-state index is -0.549.